The molecule has 0 amide bonds. The van der Waals surface area contributed by atoms with E-state index in [-0.39, 0.29) is 17.7 Å². The van der Waals surface area contributed by atoms with Crippen LogP contribution < -0.4 is 21.3 Å². The van der Waals surface area contributed by atoms with Gasteiger partial charge in [0.15, 0.2) is 11.5 Å². The summed E-state index contributed by atoms with van der Waals surface area (Å²) in [4.78, 5) is 44.5. The number of rotatable bonds is 7. The maximum absolute atomic E-state index is 13.3. The van der Waals surface area contributed by atoms with Crippen LogP contribution in [0.5, 0.6) is 0 Å². The number of nitrogens with one attached hydrogen (secondary N) is 1. The topological polar surface area (TPSA) is 106 Å². The number of likely N-dealkylation sites (N-methyl/N-ethyl adjacent to an activating group) is 1. The maximum Gasteiger partial charge on any atom is 0.278 e. The zero-order chi connectivity index (χ0) is 28.5. The monoisotopic (exact) mass is 549 g/mol. The zero-order valence-corrected chi connectivity index (χ0v) is 23.1. The molecule has 5 aromatic rings. The normalized spacial score (nSPS) is 14.0. The van der Waals surface area contributed by atoms with E-state index in [0.29, 0.717) is 28.6 Å². The highest BCUT2D eigenvalue weighted by Crippen LogP contribution is 2.22. The molecule has 1 aromatic carbocycles. The third kappa shape index (κ3) is 5.14. The van der Waals surface area contributed by atoms with Crippen LogP contribution in [0.4, 0.5) is 17.3 Å². The minimum absolute atomic E-state index is 0.200. The van der Waals surface area contributed by atoms with E-state index in [1.165, 1.54) is 27.2 Å². The molecule has 0 aliphatic carbocycles. The average Bonchev–Trinajstić information content (AvgIpc) is 3.26. The molecule has 1 saturated heterocycles. The van der Waals surface area contributed by atoms with Gasteiger partial charge in [0.1, 0.15) is 11.2 Å². The molecular weight excluding hydrogens is 518 g/mol. The second-order valence-corrected chi connectivity index (χ2v) is 10.1. The summed E-state index contributed by atoms with van der Waals surface area (Å²) in [5, 5.41) is 3.61. The van der Waals surface area contributed by atoms with Gasteiger partial charge in [-0.15, -0.1) is 6.58 Å². The first kappa shape index (κ1) is 26.2. The first-order valence-electron chi connectivity index (χ1n) is 13.5. The molecule has 0 atom stereocenters. The van der Waals surface area contributed by atoms with E-state index >= 15 is 0 Å². The number of anilines is 3. The molecule has 0 unspecified atom stereocenters. The lowest BCUT2D eigenvalue weighted by molar-refractivity contribution is 0.313. The number of hydrogen-bond acceptors (Lipinski definition) is 8. The van der Waals surface area contributed by atoms with E-state index in [9.17, 15) is 9.59 Å². The second-order valence-electron chi connectivity index (χ2n) is 10.1. The first-order valence-corrected chi connectivity index (χ1v) is 13.5. The van der Waals surface area contributed by atoms with Crippen LogP contribution in [0.25, 0.3) is 22.7 Å². The molecule has 11 heteroatoms. The Morgan fingerprint density at radius 1 is 0.951 bits per heavy atom. The third-order valence-electron chi connectivity index (χ3n) is 7.21. The van der Waals surface area contributed by atoms with Gasteiger partial charge in [-0.2, -0.15) is 4.98 Å². The summed E-state index contributed by atoms with van der Waals surface area (Å²) in [5.41, 5.74) is 2.86. The molecule has 5 heterocycles. The summed E-state index contributed by atoms with van der Waals surface area (Å²) in [6, 6.07) is 16.8. The summed E-state index contributed by atoms with van der Waals surface area (Å²) in [6.07, 6.45) is 4.90. The minimum atomic E-state index is -0.261. The Balaban J connectivity index is 1.37. The second kappa shape index (κ2) is 10.9. The van der Waals surface area contributed by atoms with Crippen molar-refractivity contribution >= 4 is 28.4 Å². The first-order chi connectivity index (χ1) is 19.9. The van der Waals surface area contributed by atoms with Gasteiger partial charge in [0.05, 0.1) is 6.54 Å². The van der Waals surface area contributed by atoms with Crippen molar-refractivity contribution in [2.75, 3.05) is 43.4 Å². The number of aromatic nitrogens is 6. The van der Waals surface area contributed by atoms with E-state index in [0.717, 1.165) is 37.4 Å². The molecule has 1 N–H and O–H groups in total. The van der Waals surface area contributed by atoms with Gasteiger partial charge >= 0.3 is 0 Å². The highest BCUT2D eigenvalue weighted by molar-refractivity contribution is 5.77. The molecule has 208 valence electrons. The van der Waals surface area contributed by atoms with E-state index in [1.54, 1.807) is 41.2 Å². The van der Waals surface area contributed by atoms with Gasteiger partial charge in [0.25, 0.3) is 11.1 Å². The van der Waals surface area contributed by atoms with E-state index in [4.69, 9.17) is 9.97 Å². The summed E-state index contributed by atoms with van der Waals surface area (Å²) < 4.78 is 4.63. The van der Waals surface area contributed by atoms with Crippen LogP contribution in [0.1, 0.15) is 5.56 Å². The lowest BCUT2D eigenvalue weighted by atomic mass is 10.2. The Bertz CT molecular complexity index is 1850. The Morgan fingerprint density at radius 3 is 2.46 bits per heavy atom. The Hall–Kier alpha value is -5.03. The number of nitrogens with zero attached hydrogens (tertiary/aromatic N) is 8. The molecule has 11 nitrogen and oxygen atoms in total. The molecule has 0 bridgehead atoms. The van der Waals surface area contributed by atoms with Crippen LogP contribution in [0.15, 0.2) is 89.2 Å². The number of fused-ring (bicyclic) bond motifs is 1. The van der Waals surface area contributed by atoms with Crippen molar-refractivity contribution in [2.45, 2.75) is 13.5 Å². The summed E-state index contributed by atoms with van der Waals surface area (Å²) in [6.45, 7) is 10.0. The van der Waals surface area contributed by atoms with Gasteiger partial charge in [-0.3, -0.25) is 14.2 Å². The summed E-state index contributed by atoms with van der Waals surface area (Å²) in [7, 11) is 2.14. The van der Waals surface area contributed by atoms with Crippen LogP contribution in [0, 0.1) is 6.92 Å². The Labute approximate surface area is 236 Å². The summed E-state index contributed by atoms with van der Waals surface area (Å²) in [5.74, 6) is 1.22. The molecule has 1 fully saturated rings. The van der Waals surface area contributed by atoms with Gasteiger partial charge in [-0.05, 0) is 55.9 Å². The SMILES string of the molecule is C=CCn1c(=O)c2cnc(Nc3ccc(N4CCN(C)CC4)cc3)nc2n1-c1cccc(-n2cc(C)ccc2=O)n1. The van der Waals surface area contributed by atoms with E-state index in [1.807, 2.05) is 19.1 Å². The van der Waals surface area contributed by atoms with Gasteiger partial charge in [0.2, 0.25) is 5.95 Å². The van der Waals surface area contributed by atoms with Crippen LogP contribution in [-0.2, 0) is 6.54 Å². The van der Waals surface area contributed by atoms with Crippen LogP contribution in [-0.4, -0.2) is 67.0 Å². The molecule has 41 heavy (non-hydrogen) atoms. The maximum atomic E-state index is 13.3. The zero-order valence-electron chi connectivity index (χ0n) is 23.1. The fraction of sp³-hybridized carbons (Fsp3) is 0.233. The third-order valence-corrected chi connectivity index (χ3v) is 7.21. The van der Waals surface area contributed by atoms with Crippen molar-refractivity contribution in [3.63, 3.8) is 0 Å². The molecule has 0 spiro atoms. The number of allylic oxidation sites excluding steroid dienone is 1. The highest BCUT2D eigenvalue weighted by Gasteiger charge is 2.19. The summed E-state index contributed by atoms with van der Waals surface area (Å²) >= 11 is 0. The Kier molecular flexibility index (Phi) is 6.94. The van der Waals surface area contributed by atoms with E-state index in [2.05, 4.69) is 45.9 Å². The van der Waals surface area contributed by atoms with Crippen molar-refractivity contribution < 1.29 is 0 Å². The van der Waals surface area contributed by atoms with E-state index < -0.39 is 0 Å². The Morgan fingerprint density at radius 2 is 1.71 bits per heavy atom. The van der Waals surface area contributed by atoms with Crippen molar-refractivity contribution in [3.05, 3.63) is 106 Å². The molecule has 0 radical (unpaired) electrons. The molecule has 4 aromatic heterocycles. The predicted molar refractivity (Wildman–Crippen MR) is 161 cm³/mol. The molecular formula is C30H31N9O2. The van der Waals surface area contributed by atoms with Crippen LogP contribution in [0.3, 0.4) is 0 Å². The molecule has 1 aliphatic rings. The quantitative estimate of drug-likeness (QED) is 0.309. The van der Waals surface area contributed by atoms with Crippen LogP contribution in [0.2, 0.25) is 0 Å². The standard InChI is InChI=1S/C30H31N9O2/c1-4-14-38-29(41)24-19-31-30(32-22-9-11-23(12-10-22)36-17-15-35(3)16-18-36)34-28(24)39(38)26-7-5-6-25(33-26)37-20-21(2)8-13-27(37)40/h4-13,19-20H,1,14-18H2,2-3H3,(H,31,32,34). The lowest BCUT2D eigenvalue weighted by Gasteiger charge is -2.34. The molecule has 1 aliphatic heterocycles. The number of aryl methyl sites for hydroxylation is 1. The van der Waals surface area contributed by atoms with Crippen molar-refractivity contribution in [1.29, 1.82) is 0 Å². The van der Waals surface area contributed by atoms with Crippen molar-refractivity contribution in [2.24, 2.45) is 0 Å². The van der Waals surface area contributed by atoms with Gasteiger partial charge in [-0.25, -0.2) is 19.3 Å². The minimum Gasteiger partial charge on any atom is -0.369 e. The predicted octanol–water partition coefficient (Wildman–Crippen LogP) is 3.12. The number of pyridine rings is 2. The van der Waals surface area contributed by atoms with Crippen molar-refractivity contribution in [1.82, 2.24) is 33.8 Å². The largest absolute Gasteiger partial charge is 0.369 e. The van der Waals surface area contributed by atoms with Crippen LogP contribution >= 0.6 is 0 Å². The number of hydrogen-bond donors (Lipinski definition) is 1. The fourth-order valence-corrected chi connectivity index (χ4v) is 4.99. The van der Waals surface area contributed by atoms with Crippen molar-refractivity contribution in [3.8, 4) is 11.6 Å². The highest BCUT2D eigenvalue weighted by atomic mass is 16.1. The number of benzene rings is 1. The van der Waals surface area contributed by atoms with Gasteiger partial charge < -0.3 is 15.1 Å². The molecule has 6 rings (SSSR count). The van der Waals surface area contributed by atoms with Gasteiger partial charge in [0, 0.05) is 56.0 Å². The lowest BCUT2D eigenvalue weighted by Crippen LogP contribution is -2.44. The average molecular weight is 550 g/mol. The smallest absolute Gasteiger partial charge is 0.278 e. The number of piperazine rings is 1. The van der Waals surface area contributed by atoms with Gasteiger partial charge in [-0.1, -0.05) is 18.2 Å². The molecule has 0 saturated carbocycles. The fourth-order valence-electron chi connectivity index (χ4n) is 4.99.